The first kappa shape index (κ1) is 12.9. The molecule has 4 heteroatoms. The van der Waals surface area contributed by atoms with Gasteiger partial charge in [0, 0.05) is 30.9 Å². The fourth-order valence-corrected chi connectivity index (χ4v) is 3.56. The normalized spacial score (nSPS) is 37.8. The van der Waals surface area contributed by atoms with Crippen molar-refractivity contribution in [2.75, 3.05) is 0 Å². The van der Waals surface area contributed by atoms with Gasteiger partial charge in [-0.3, -0.25) is 0 Å². The number of benzene rings is 1. The Morgan fingerprint density at radius 1 is 1.21 bits per heavy atom. The van der Waals surface area contributed by atoms with Gasteiger partial charge in [-0.2, -0.15) is 0 Å². The van der Waals surface area contributed by atoms with Crippen LogP contribution in [0.15, 0.2) is 18.2 Å². The first-order chi connectivity index (χ1) is 8.97. The molecule has 1 saturated heterocycles. The van der Waals surface area contributed by atoms with Crippen molar-refractivity contribution in [2.45, 2.75) is 57.0 Å². The molecule has 3 nitrogen and oxygen atoms in total. The van der Waals surface area contributed by atoms with Crippen molar-refractivity contribution in [3.05, 3.63) is 29.6 Å². The molecule has 0 amide bonds. The van der Waals surface area contributed by atoms with Crippen LogP contribution in [0.5, 0.6) is 5.75 Å². The highest BCUT2D eigenvalue weighted by Crippen LogP contribution is 2.45. The van der Waals surface area contributed by atoms with Gasteiger partial charge in [0.15, 0.2) is 0 Å². The van der Waals surface area contributed by atoms with Crippen molar-refractivity contribution >= 4 is 0 Å². The predicted octanol–water partition coefficient (Wildman–Crippen LogP) is 2.93. The molecule has 3 atom stereocenters. The maximum absolute atomic E-state index is 13.3. The minimum absolute atomic E-state index is 0.165. The average Bonchev–Trinajstić information content (AvgIpc) is 2.28. The van der Waals surface area contributed by atoms with Crippen molar-refractivity contribution in [2.24, 2.45) is 5.73 Å². The molecule has 104 valence electrons. The summed E-state index contributed by atoms with van der Waals surface area (Å²) in [6.45, 7) is 4.12. The van der Waals surface area contributed by atoms with E-state index in [2.05, 4.69) is 13.8 Å². The Bertz CT molecular complexity index is 481. The summed E-state index contributed by atoms with van der Waals surface area (Å²) in [4.78, 5) is 0. The first-order valence-electron chi connectivity index (χ1n) is 6.87. The first-order valence-corrected chi connectivity index (χ1v) is 6.87. The van der Waals surface area contributed by atoms with Crippen molar-refractivity contribution in [3.8, 4) is 5.75 Å². The summed E-state index contributed by atoms with van der Waals surface area (Å²) in [5.41, 5.74) is 6.74. The molecule has 19 heavy (non-hydrogen) atoms. The third-order valence-electron chi connectivity index (χ3n) is 4.07. The van der Waals surface area contributed by atoms with Crippen molar-refractivity contribution < 1.29 is 13.9 Å². The molecule has 1 aromatic carbocycles. The van der Waals surface area contributed by atoms with Crippen LogP contribution in [0.3, 0.4) is 0 Å². The second-order valence-electron chi connectivity index (χ2n) is 5.94. The number of nitrogens with two attached hydrogens (primary N) is 1. The largest absolute Gasteiger partial charge is 0.487 e. The van der Waals surface area contributed by atoms with E-state index in [-0.39, 0.29) is 29.7 Å². The summed E-state index contributed by atoms with van der Waals surface area (Å²) in [5.74, 6) is 0.462. The van der Waals surface area contributed by atoms with E-state index in [1.54, 1.807) is 6.07 Å². The molecule has 0 radical (unpaired) electrons. The summed E-state index contributed by atoms with van der Waals surface area (Å²) < 4.78 is 25.3. The Morgan fingerprint density at radius 2 is 1.89 bits per heavy atom. The minimum Gasteiger partial charge on any atom is -0.487 e. The summed E-state index contributed by atoms with van der Waals surface area (Å²) in [6, 6.07) is 4.43. The van der Waals surface area contributed by atoms with Crippen LogP contribution >= 0.6 is 0 Å². The highest BCUT2D eigenvalue weighted by atomic mass is 19.1. The molecule has 0 aliphatic carbocycles. The molecule has 3 rings (SSSR count). The van der Waals surface area contributed by atoms with Gasteiger partial charge in [-0.05, 0) is 32.0 Å². The minimum atomic E-state index is -0.263. The Hall–Kier alpha value is -1.13. The Morgan fingerprint density at radius 3 is 2.58 bits per heavy atom. The number of hydrogen-bond acceptors (Lipinski definition) is 3. The van der Waals surface area contributed by atoms with Gasteiger partial charge in [-0.25, -0.2) is 4.39 Å². The smallest absolute Gasteiger partial charge is 0.125 e. The highest BCUT2D eigenvalue weighted by Gasteiger charge is 2.45. The van der Waals surface area contributed by atoms with Gasteiger partial charge in [0.1, 0.15) is 17.2 Å². The standard InChI is InChI=1S/C15H20FNO2/c1-9-6-15(7-10(2)18-9)8-13(17)12-5-11(16)3-4-14(12)19-15/h3-5,9-10,13H,6-8,17H2,1-2H3/t9?,10?,13-,15?/m1/s1. The number of ether oxygens (including phenoxy) is 2. The van der Waals surface area contributed by atoms with Crippen molar-refractivity contribution in [3.63, 3.8) is 0 Å². The lowest BCUT2D eigenvalue weighted by atomic mass is 9.79. The van der Waals surface area contributed by atoms with Crippen LogP contribution in [-0.4, -0.2) is 17.8 Å². The molecule has 0 aromatic heterocycles. The lowest BCUT2D eigenvalue weighted by molar-refractivity contribution is -0.129. The molecule has 2 heterocycles. The Kier molecular flexibility index (Phi) is 3.02. The number of halogens is 1. The zero-order chi connectivity index (χ0) is 13.6. The zero-order valence-corrected chi connectivity index (χ0v) is 11.4. The molecule has 0 saturated carbocycles. The third-order valence-corrected chi connectivity index (χ3v) is 4.07. The van der Waals surface area contributed by atoms with E-state index in [1.807, 2.05) is 0 Å². The fourth-order valence-electron chi connectivity index (χ4n) is 3.56. The van der Waals surface area contributed by atoms with E-state index in [9.17, 15) is 4.39 Å². The molecule has 2 aliphatic rings. The Balaban J connectivity index is 1.94. The lowest BCUT2D eigenvalue weighted by Crippen LogP contribution is -2.51. The van der Waals surface area contributed by atoms with E-state index in [1.165, 1.54) is 12.1 Å². The maximum atomic E-state index is 13.3. The lowest BCUT2D eigenvalue weighted by Gasteiger charge is -2.47. The number of hydrogen-bond donors (Lipinski definition) is 1. The molecular formula is C15H20FNO2. The van der Waals surface area contributed by atoms with Gasteiger partial charge in [-0.15, -0.1) is 0 Å². The van der Waals surface area contributed by atoms with Gasteiger partial charge in [0.2, 0.25) is 0 Å². The topological polar surface area (TPSA) is 44.5 Å². The van der Waals surface area contributed by atoms with Crippen LogP contribution < -0.4 is 10.5 Å². The number of fused-ring (bicyclic) bond motifs is 1. The molecular weight excluding hydrogens is 245 g/mol. The SMILES string of the molecule is CC1CC2(CC(C)O1)C[C@@H](N)c1cc(F)ccc1O2. The molecule has 2 N–H and O–H groups in total. The molecule has 1 fully saturated rings. The molecule has 2 aliphatic heterocycles. The third kappa shape index (κ3) is 2.35. The molecule has 0 bridgehead atoms. The second kappa shape index (κ2) is 4.46. The summed E-state index contributed by atoms with van der Waals surface area (Å²) in [6.07, 6.45) is 2.72. The Labute approximate surface area is 112 Å². The average molecular weight is 265 g/mol. The fraction of sp³-hybridized carbons (Fsp3) is 0.600. The zero-order valence-electron chi connectivity index (χ0n) is 11.4. The van der Waals surface area contributed by atoms with Crippen LogP contribution in [0.1, 0.15) is 44.7 Å². The summed E-state index contributed by atoms with van der Waals surface area (Å²) in [5, 5.41) is 0. The maximum Gasteiger partial charge on any atom is 0.125 e. The quantitative estimate of drug-likeness (QED) is 0.784. The van der Waals surface area contributed by atoms with E-state index < -0.39 is 0 Å². The molecule has 1 aromatic rings. The van der Waals surface area contributed by atoms with E-state index in [0.29, 0.717) is 0 Å². The summed E-state index contributed by atoms with van der Waals surface area (Å²) >= 11 is 0. The van der Waals surface area contributed by atoms with Crippen LogP contribution in [0.25, 0.3) is 0 Å². The van der Waals surface area contributed by atoms with Gasteiger partial charge >= 0.3 is 0 Å². The van der Waals surface area contributed by atoms with Crippen LogP contribution in [0.4, 0.5) is 4.39 Å². The van der Waals surface area contributed by atoms with Gasteiger partial charge < -0.3 is 15.2 Å². The molecule has 1 spiro atoms. The van der Waals surface area contributed by atoms with Crippen LogP contribution in [-0.2, 0) is 4.74 Å². The number of rotatable bonds is 0. The van der Waals surface area contributed by atoms with Crippen LogP contribution in [0.2, 0.25) is 0 Å². The van der Waals surface area contributed by atoms with Gasteiger partial charge in [-0.1, -0.05) is 0 Å². The van der Waals surface area contributed by atoms with Gasteiger partial charge in [0.05, 0.1) is 12.2 Å². The van der Waals surface area contributed by atoms with Crippen molar-refractivity contribution in [1.82, 2.24) is 0 Å². The highest BCUT2D eigenvalue weighted by molar-refractivity contribution is 5.39. The summed E-state index contributed by atoms with van der Waals surface area (Å²) in [7, 11) is 0. The van der Waals surface area contributed by atoms with E-state index >= 15 is 0 Å². The van der Waals surface area contributed by atoms with Crippen molar-refractivity contribution in [1.29, 1.82) is 0 Å². The van der Waals surface area contributed by atoms with Crippen LogP contribution in [0, 0.1) is 5.82 Å². The van der Waals surface area contributed by atoms with E-state index in [0.717, 1.165) is 30.6 Å². The monoisotopic (exact) mass is 265 g/mol. The second-order valence-corrected chi connectivity index (χ2v) is 5.94. The van der Waals surface area contributed by atoms with Gasteiger partial charge in [0.25, 0.3) is 0 Å². The van der Waals surface area contributed by atoms with E-state index in [4.69, 9.17) is 15.2 Å². The molecule has 2 unspecified atom stereocenters. The predicted molar refractivity (Wildman–Crippen MR) is 70.5 cm³/mol.